The molecule has 0 unspecified atom stereocenters. The largest absolute Gasteiger partial charge is 0.356 e. The average molecular weight is 361 g/mol. The van der Waals surface area contributed by atoms with Gasteiger partial charge in [0.15, 0.2) is 5.96 Å². The summed E-state index contributed by atoms with van der Waals surface area (Å²) in [6.07, 6.45) is 3.10. The molecule has 1 aromatic heterocycles. The van der Waals surface area contributed by atoms with Gasteiger partial charge in [-0.05, 0) is 44.4 Å². The van der Waals surface area contributed by atoms with E-state index in [-0.39, 0.29) is 11.2 Å². The molecule has 0 radical (unpaired) electrons. The number of nitrogens with one attached hydrogen (secondary N) is 2. The lowest BCUT2D eigenvalue weighted by Crippen LogP contribution is -2.42. The number of rotatable bonds is 6. The van der Waals surface area contributed by atoms with Gasteiger partial charge in [-0.25, -0.2) is 9.37 Å². The van der Waals surface area contributed by atoms with Crippen molar-refractivity contribution in [3.05, 3.63) is 51.2 Å². The van der Waals surface area contributed by atoms with Crippen LogP contribution in [0.2, 0.25) is 0 Å². The number of aryl methyl sites for hydroxylation is 2. The van der Waals surface area contributed by atoms with E-state index in [1.165, 1.54) is 10.9 Å². The van der Waals surface area contributed by atoms with E-state index < -0.39 is 0 Å². The minimum atomic E-state index is -0.165. The van der Waals surface area contributed by atoms with Crippen molar-refractivity contribution < 1.29 is 4.39 Å². The highest BCUT2D eigenvalue weighted by Crippen LogP contribution is 2.47. The van der Waals surface area contributed by atoms with Gasteiger partial charge in [-0.2, -0.15) is 0 Å². The van der Waals surface area contributed by atoms with E-state index in [1.54, 1.807) is 30.5 Å². The molecule has 6 heteroatoms. The Morgan fingerprint density at radius 2 is 2.12 bits per heavy atom. The first-order chi connectivity index (χ1) is 12.0. The first-order valence-electron chi connectivity index (χ1n) is 8.66. The molecule has 0 saturated heterocycles. The van der Waals surface area contributed by atoms with Crippen molar-refractivity contribution in [3.8, 4) is 0 Å². The van der Waals surface area contributed by atoms with Crippen LogP contribution in [0.15, 0.2) is 29.3 Å². The minimum absolute atomic E-state index is 0.0467. The number of guanidine groups is 1. The summed E-state index contributed by atoms with van der Waals surface area (Å²) < 4.78 is 13.5. The number of aliphatic imine (C=N–C) groups is 1. The van der Waals surface area contributed by atoms with Gasteiger partial charge in [0.05, 0.1) is 10.7 Å². The monoisotopic (exact) mass is 360 g/mol. The van der Waals surface area contributed by atoms with E-state index in [1.807, 2.05) is 13.0 Å². The Kier molecular flexibility index (Phi) is 5.37. The third kappa shape index (κ3) is 4.37. The maximum Gasteiger partial charge on any atom is 0.191 e. The van der Waals surface area contributed by atoms with Crippen molar-refractivity contribution in [2.45, 2.75) is 38.5 Å². The predicted molar refractivity (Wildman–Crippen MR) is 102 cm³/mol. The molecule has 0 spiro atoms. The van der Waals surface area contributed by atoms with Crippen LogP contribution in [0.1, 0.15) is 34.0 Å². The molecule has 0 bridgehead atoms. The number of thiazole rings is 1. The summed E-state index contributed by atoms with van der Waals surface area (Å²) in [6.45, 7) is 5.68. The van der Waals surface area contributed by atoms with Crippen molar-refractivity contribution in [2.75, 3.05) is 20.1 Å². The molecule has 1 heterocycles. The Hall–Kier alpha value is -1.95. The zero-order valence-corrected chi connectivity index (χ0v) is 15.8. The molecule has 4 nitrogen and oxygen atoms in total. The van der Waals surface area contributed by atoms with Gasteiger partial charge in [-0.15, -0.1) is 11.3 Å². The quantitative estimate of drug-likeness (QED) is 0.614. The second kappa shape index (κ2) is 7.52. The lowest BCUT2D eigenvalue weighted by atomic mass is 9.96. The van der Waals surface area contributed by atoms with Crippen LogP contribution in [0.25, 0.3) is 0 Å². The fraction of sp³-hybridized carbons (Fsp3) is 0.474. The zero-order chi connectivity index (χ0) is 17.9. The standard InChI is InChI=1S/C19H25FN4S/c1-13-17(25-14(2)24-13)7-10-22-18(21-3)23-12-19(8-9-19)15-5-4-6-16(20)11-15/h4-6,11H,7-10,12H2,1-3H3,(H2,21,22,23). The molecule has 1 fully saturated rings. The smallest absolute Gasteiger partial charge is 0.191 e. The zero-order valence-electron chi connectivity index (χ0n) is 15.0. The second-order valence-corrected chi connectivity index (χ2v) is 7.92. The number of halogens is 1. The molecular weight excluding hydrogens is 335 g/mol. The van der Waals surface area contributed by atoms with E-state index in [4.69, 9.17) is 0 Å². The fourth-order valence-corrected chi connectivity index (χ4v) is 4.05. The summed E-state index contributed by atoms with van der Waals surface area (Å²) in [5, 5.41) is 7.87. The summed E-state index contributed by atoms with van der Waals surface area (Å²) in [5.74, 6) is 0.628. The van der Waals surface area contributed by atoms with Crippen molar-refractivity contribution in [3.63, 3.8) is 0 Å². The maximum atomic E-state index is 13.5. The van der Waals surface area contributed by atoms with Gasteiger partial charge >= 0.3 is 0 Å². The molecule has 1 aliphatic rings. The van der Waals surface area contributed by atoms with E-state index >= 15 is 0 Å². The van der Waals surface area contributed by atoms with Gasteiger partial charge in [0, 0.05) is 36.9 Å². The van der Waals surface area contributed by atoms with Gasteiger partial charge in [-0.3, -0.25) is 4.99 Å². The average Bonchev–Trinajstić information content (AvgIpc) is 3.31. The number of aromatic nitrogens is 1. The summed E-state index contributed by atoms with van der Waals surface area (Å²) in [7, 11) is 1.78. The summed E-state index contributed by atoms with van der Waals surface area (Å²) in [4.78, 5) is 10.1. The Bertz CT molecular complexity index is 765. The summed E-state index contributed by atoms with van der Waals surface area (Å²) >= 11 is 1.75. The SMILES string of the molecule is CN=C(NCCc1sc(C)nc1C)NCC1(c2cccc(F)c2)CC1. The van der Waals surface area contributed by atoms with Crippen LogP contribution >= 0.6 is 11.3 Å². The fourth-order valence-electron chi connectivity index (χ4n) is 3.11. The number of hydrogen-bond acceptors (Lipinski definition) is 3. The molecule has 1 saturated carbocycles. The molecule has 25 heavy (non-hydrogen) atoms. The van der Waals surface area contributed by atoms with Crippen molar-refractivity contribution in [1.82, 2.24) is 15.6 Å². The lowest BCUT2D eigenvalue weighted by Gasteiger charge is -2.19. The Balaban J connectivity index is 1.50. The number of benzene rings is 1. The van der Waals surface area contributed by atoms with Crippen LogP contribution in [0.3, 0.4) is 0 Å². The maximum absolute atomic E-state index is 13.5. The number of nitrogens with zero attached hydrogens (tertiary/aromatic N) is 2. The third-order valence-corrected chi connectivity index (χ3v) is 5.89. The Morgan fingerprint density at radius 1 is 1.32 bits per heavy atom. The van der Waals surface area contributed by atoms with Gasteiger partial charge in [-0.1, -0.05) is 12.1 Å². The Morgan fingerprint density at radius 3 is 2.72 bits per heavy atom. The van der Waals surface area contributed by atoms with Crippen LogP contribution < -0.4 is 10.6 Å². The van der Waals surface area contributed by atoms with Gasteiger partial charge in [0.25, 0.3) is 0 Å². The first-order valence-corrected chi connectivity index (χ1v) is 9.47. The van der Waals surface area contributed by atoms with Crippen LogP contribution in [-0.4, -0.2) is 31.1 Å². The normalized spacial score (nSPS) is 15.9. The molecular formula is C19H25FN4S. The first kappa shape index (κ1) is 17.9. The van der Waals surface area contributed by atoms with E-state index in [0.717, 1.165) is 54.6 Å². The molecule has 0 aliphatic heterocycles. The van der Waals surface area contributed by atoms with Gasteiger partial charge in [0.2, 0.25) is 0 Å². The van der Waals surface area contributed by atoms with Gasteiger partial charge < -0.3 is 10.6 Å². The van der Waals surface area contributed by atoms with E-state index in [0.29, 0.717) is 0 Å². The van der Waals surface area contributed by atoms with Crippen molar-refractivity contribution >= 4 is 17.3 Å². The highest BCUT2D eigenvalue weighted by atomic mass is 32.1. The van der Waals surface area contributed by atoms with Crippen LogP contribution in [0, 0.1) is 19.7 Å². The number of hydrogen-bond donors (Lipinski definition) is 2. The van der Waals surface area contributed by atoms with Crippen molar-refractivity contribution in [1.29, 1.82) is 0 Å². The molecule has 0 atom stereocenters. The van der Waals surface area contributed by atoms with Crippen molar-refractivity contribution in [2.24, 2.45) is 4.99 Å². The lowest BCUT2D eigenvalue weighted by molar-refractivity contribution is 0.607. The summed E-state index contributed by atoms with van der Waals surface area (Å²) in [5.41, 5.74) is 2.24. The predicted octanol–water partition coefficient (Wildman–Crippen LogP) is 3.34. The van der Waals surface area contributed by atoms with Gasteiger partial charge in [0.1, 0.15) is 5.82 Å². The van der Waals surface area contributed by atoms with Crippen LogP contribution in [-0.2, 0) is 11.8 Å². The highest BCUT2D eigenvalue weighted by Gasteiger charge is 2.44. The molecule has 2 N–H and O–H groups in total. The third-order valence-electron chi connectivity index (χ3n) is 4.75. The molecule has 3 rings (SSSR count). The molecule has 0 amide bonds. The molecule has 1 aromatic carbocycles. The van der Waals surface area contributed by atoms with E-state index in [2.05, 4.69) is 27.5 Å². The van der Waals surface area contributed by atoms with Crippen LogP contribution in [0.4, 0.5) is 4.39 Å². The minimum Gasteiger partial charge on any atom is -0.356 e. The Labute approximate surface area is 152 Å². The second-order valence-electron chi connectivity index (χ2n) is 6.63. The van der Waals surface area contributed by atoms with Crippen LogP contribution in [0.5, 0.6) is 0 Å². The topological polar surface area (TPSA) is 49.3 Å². The molecule has 1 aliphatic carbocycles. The molecule has 2 aromatic rings. The van der Waals surface area contributed by atoms with E-state index in [9.17, 15) is 4.39 Å². The molecule has 134 valence electrons. The summed E-state index contributed by atoms with van der Waals surface area (Å²) in [6, 6.07) is 6.95. The highest BCUT2D eigenvalue weighted by molar-refractivity contribution is 7.11.